The number of carboxylic acids is 4. The van der Waals surface area contributed by atoms with Crippen molar-refractivity contribution in [1.29, 1.82) is 0 Å². The quantitative estimate of drug-likeness (QED) is 0.381. The summed E-state index contributed by atoms with van der Waals surface area (Å²) >= 11 is 0. The Labute approximate surface area is 150 Å². The van der Waals surface area contributed by atoms with E-state index >= 15 is 0 Å². The minimum Gasteiger partial charge on any atom is -0.545 e. The molecule has 0 aromatic heterocycles. The molecule has 21 heavy (non-hydrogen) atoms. The first-order valence-corrected chi connectivity index (χ1v) is 5.29. The zero-order valence-electron chi connectivity index (χ0n) is 11.3. The monoisotopic (exact) mass is 326 g/mol. The fourth-order valence-corrected chi connectivity index (χ4v) is 0.720. The van der Waals surface area contributed by atoms with Crippen molar-refractivity contribution in [2.24, 2.45) is 0 Å². The average Bonchev–Trinajstić information content (AvgIpc) is 2.33. The molecule has 9 heteroatoms. The molecule has 112 valence electrons. The Bertz CT molecular complexity index is 387. The molecule has 0 saturated heterocycles. The molecule has 0 atom stereocenters. The number of carbonyl (C=O) groups excluding carboxylic acids is 2. The van der Waals surface area contributed by atoms with Crippen molar-refractivity contribution in [3.63, 3.8) is 0 Å². The molecule has 2 N–H and O–H groups in total. The van der Waals surface area contributed by atoms with Crippen molar-refractivity contribution < 1.29 is 39.6 Å². The molecule has 0 aliphatic heterocycles. The van der Waals surface area contributed by atoms with Gasteiger partial charge in [0.2, 0.25) is 0 Å². The average molecular weight is 326 g/mol. The summed E-state index contributed by atoms with van der Waals surface area (Å²) in [5.41, 5.74) is -0.357. The molecule has 0 bridgehead atoms. The fourth-order valence-electron chi connectivity index (χ4n) is 0.720. The third-order valence-corrected chi connectivity index (χ3v) is 1.86. The summed E-state index contributed by atoms with van der Waals surface area (Å²) < 4.78 is 0. The first kappa shape index (κ1) is 24.6. The predicted octanol–water partition coefficient (Wildman–Crippen LogP) is -2.07. The van der Waals surface area contributed by atoms with Crippen LogP contribution in [0.5, 0.6) is 0 Å². The van der Waals surface area contributed by atoms with Gasteiger partial charge in [0.1, 0.15) is 0 Å². The molecule has 0 aliphatic rings. The second kappa shape index (κ2) is 13.6. The van der Waals surface area contributed by atoms with Gasteiger partial charge in [0.15, 0.2) is 0 Å². The second-order valence-electron chi connectivity index (χ2n) is 3.57. The van der Waals surface area contributed by atoms with Crippen LogP contribution in [0.1, 0.15) is 25.7 Å². The van der Waals surface area contributed by atoms with E-state index in [1.54, 1.807) is 0 Å². The molecule has 8 nitrogen and oxygen atoms in total. The fraction of sp³-hybridized carbons (Fsp3) is 0.333. The van der Waals surface area contributed by atoms with Crippen LogP contribution in [-0.4, -0.2) is 71.8 Å². The molecule has 0 fully saturated rings. The number of carboxylic acid groups (broad SMARTS) is 4. The largest absolute Gasteiger partial charge is 2.00 e. The van der Waals surface area contributed by atoms with Gasteiger partial charge >= 0.3 is 49.7 Å². The molecule has 0 unspecified atom stereocenters. The minimum atomic E-state index is -1.39. The van der Waals surface area contributed by atoms with Crippen LogP contribution in [0.2, 0.25) is 0 Å². The van der Waals surface area contributed by atoms with Gasteiger partial charge in [0, 0.05) is 12.8 Å². The van der Waals surface area contributed by atoms with Gasteiger partial charge in [-0.05, 0) is 24.0 Å². The van der Waals surface area contributed by atoms with E-state index < -0.39 is 23.9 Å². The molecule has 0 saturated carbocycles. The summed E-state index contributed by atoms with van der Waals surface area (Å²) in [6, 6.07) is 0. The molecule has 0 radical (unpaired) electrons. The zero-order valence-corrected chi connectivity index (χ0v) is 13.5. The standard InChI is InChI=1S/2C6H8O4.Ca/c2*1-4(6(9)10)2-3-5(7)8;/h2*1-3H2,(H,7,8)(H,9,10);/q;;+2/p-2. The second-order valence-corrected chi connectivity index (χ2v) is 3.57. The van der Waals surface area contributed by atoms with Crippen LogP contribution in [0.15, 0.2) is 24.3 Å². The van der Waals surface area contributed by atoms with Gasteiger partial charge in [-0.3, -0.25) is 9.59 Å². The van der Waals surface area contributed by atoms with Crippen molar-refractivity contribution in [1.82, 2.24) is 0 Å². The summed E-state index contributed by atoms with van der Waals surface area (Å²) in [5, 5.41) is 36.0. The van der Waals surface area contributed by atoms with Gasteiger partial charge < -0.3 is 30.0 Å². The van der Waals surface area contributed by atoms with Crippen LogP contribution in [-0.2, 0) is 19.2 Å². The Morgan fingerprint density at radius 3 is 1.10 bits per heavy atom. The third-order valence-electron chi connectivity index (χ3n) is 1.86. The number of carbonyl (C=O) groups is 4. The van der Waals surface area contributed by atoms with Crippen LogP contribution in [0.25, 0.3) is 0 Å². The summed E-state index contributed by atoms with van der Waals surface area (Å²) in [5.74, 6) is -4.85. The van der Waals surface area contributed by atoms with E-state index in [2.05, 4.69) is 13.2 Å². The smallest absolute Gasteiger partial charge is 0.545 e. The van der Waals surface area contributed by atoms with Crippen LogP contribution >= 0.6 is 0 Å². The molecule has 0 aromatic rings. The maximum atomic E-state index is 9.91. The predicted molar refractivity (Wildman–Crippen MR) is 67.8 cm³/mol. The summed E-state index contributed by atoms with van der Waals surface area (Å²) in [6.07, 6.45) is -0.547. The Kier molecular flexibility index (Phi) is 15.9. The zero-order chi connectivity index (χ0) is 16.3. The van der Waals surface area contributed by atoms with Crippen LogP contribution in [0.4, 0.5) is 0 Å². The van der Waals surface area contributed by atoms with Crippen LogP contribution in [0.3, 0.4) is 0 Å². The first-order valence-electron chi connectivity index (χ1n) is 5.29. The SMILES string of the molecule is C=C(CCC(=O)O)C(=O)[O-].C=C(CCC(=O)O)C(=O)[O-].[Ca+2]. The van der Waals surface area contributed by atoms with E-state index in [1.165, 1.54) is 0 Å². The van der Waals surface area contributed by atoms with E-state index in [4.69, 9.17) is 10.2 Å². The maximum absolute atomic E-state index is 9.91. The molecule has 0 rings (SSSR count). The van der Waals surface area contributed by atoms with Crippen molar-refractivity contribution in [2.75, 3.05) is 0 Å². The van der Waals surface area contributed by atoms with Crippen LogP contribution in [0, 0.1) is 0 Å². The van der Waals surface area contributed by atoms with E-state index in [0.717, 1.165) is 0 Å². The van der Waals surface area contributed by atoms with Gasteiger partial charge in [0.05, 0.1) is 11.9 Å². The number of aliphatic carboxylic acids is 4. The maximum Gasteiger partial charge on any atom is 2.00 e. The Balaban J connectivity index is -0.000000295. The van der Waals surface area contributed by atoms with Gasteiger partial charge in [-0.1, -0.05) is 13.2 Å². The number of hydrogen-bond donors (Lipinski definition) is 2. The Morgan fingerprint density at radius 1 is 0.714 bits per heavy atom. The van der Waals surface area contributed by atoms with Gasteiger partial charge in [-0.25, -0.2) is 0 Å². The van der Waals surface area contributed by atoms with Gasteiger partial charge in [0.25, 0.3) is 0 Å². The van der Waals surface area contributed by atoms with Crippen molar-refractivity contribution in [3.8, 4) is 0 Å². The molecule has 0 amide bonds. The molecular weight excluding hydrogens is 312 g/mol. The Morgan fingerprint density at radius 2 is 0.952 bits per heavy atom. The number of hydrogen-bond acceptors (Lipinski definition) is 6. The number of rotatable bonds is 8. The summed E-state index contributed by atoms with van der Waals surface area (Å²) in [4.78, 5) is 39.6. The van der Waals surface area contributed by atoms with Gasteiger partial charge in [-0.15, -0.1) is 0 Å². The molecule has 0 heterocycles. The van der Waals surface area contributed by atoms with E-state index in [9.17, 15) is 29.4 Å². The van der Waals surface area contributed by atoms with Crippen molar-refractivity contribution in [2.45, 2.75) is 25.7 Å². The molecule has 0 spiro atoms. The van der Waals surface area contributed by atoms with Crippen LogP contribution < -0.4 is 10.2 Å². The van der Waals surface area contributed by atoms with Crippen molar-refractivity contribution in [3.05, 3.63) is 24.3 Å². The topological polar surface area (TPSA) is 155 Å². The Hall–Kier alpha value is -1.38. The van der Waals surface area contributed by atoms with Crippen molar-refractivity contribution >= 4 is 61.6 Å². The summed E-state index contributed by atoms with van der Waals surface area (Å²) in [6.45, 7) is 6.20. The molecule has 0 aliphatic carbocycles. The summed E-state index contributed by atoms with van der Waals surface area (Å²) in [7, 11) is 0. The normalized spacial score (nSPS) is 8.38. The molecular formula is C12H14CaO8. The van der Waals surface area contributed by atoms with E-state index in [-0.39, 0.29) is 74.6 Å². The molecule has 0 aromatic carbocycles. The van der Waals surface area contributed by atoms with E-state index in [0.29, 0.717) is 0 Å². The minimum absolute atomic E-state index is 0. The van der Waals surface area contributed by atoms with E-state index in [1.807, 2.05) is 0 Å². The van der Waals surface area contributed by atoms with Gasteiger partial charge in [-0.2, -0.15) is 0 Å². The first-order chi connectivity index (χ1) is 9.07. The third kappa shape index (κ3) is 18.6.